The first kappa shape index (κ1) is 19.8. The molecule has 2 aromatic carbocycles. The number of benzene rings is 2. The lowest BCUT2D eigenvalue weighted by Gasteiger charge is -2.14. The van der Waals surface area contributed by atoms with Gasteiger partial charge >= 0.3 is 5.97 Å². The monoisotopic (exact) mass is 375 g/mol. The molecule has 2 aromatic rings. The van der Waals surface area contributed by atoms with Gasteiger partial charge in [0.1, 0.15) is 0 Å². The summed E-state index contributed by atoms with van der Waals surface area (Å²) in [4.78, 5) is 24.6. The van der Waals surface area contributed by atoms with Gasteiger partial charge in [0.05, 0.1) is 10.5 Å². The van der Waals surface area contributed by atoms with E-state index in [1.807, 2.05) is 19.1 Å². The topological polar surface area (TPSA) is 80.8 Å². The molecule has 2 rings (SSSR count). The summed E-state index contributed by atoms with van der Waals surface area (Å²) < 4.78 is 30.3. The summed E-state index contributed by atoms with van der Waals surface area (Å²) in [5.41, 5.74) is 1.66. The molecule has 1 atom stereocenters. The van der Waals surface area contributed by atoms with E-state index >= 15 is 0 Å². The Morgan fingerprint density at radius 1 is 0.923 bits per heavy atom. The fourth-order valence-electron chi connectivity index (χ4n) is 2.21. The number of esters is 1. The molecule has 0 fully saturated rings. The van der Waals surface area contributed by atoms with Crippen molar-refractivity contribution < 1.29 is 22.7 Å². The predicted molar refractivity (Wildman–Crippen MR) is 97.7 cm³/mol. The van der Waals surface area contributed by atoms with Crippen LogP contribution >= 0.6 is 0 Å². The molecule has 0 saturated heterocycles. The Morgan fingerprint density at radius 2 is 1.42 bits per heavy atom. The van der Waals surface area contributed by atoms with E-state index < -0.39 is 22.1 Å². The van der Waals surface area contributed by atoms with Gasteiger partial charge < -0.3 is 4.74 Å². The van der Waals surface area contributed by atoms with Crippen LogP contribution in [0, 0.1) is 6.92 Å². The van der Waals surface area contributed by atoms with Crippen molar-refractivity contribution in [3.05, 3.63) is 65.2 Å². The minimum atomic E-state index is -3.57. The third kappa shape index (κ3) is 4.36. The van der Waals surface area contributed by atoms with E-state index in [0.29, 0.717) is 5.56 Å². The van der Waals surface area contributed by atoms with Gasteiger partial charge in [-0.15, -0.1) is 0 Å². The van der Waals surface area contributed by atoms with Crippen LogP contribution in [-0.2, 0) is 14.8 Å². The number of sulfonamides is 1. The summed E-state index contributed by atoms with van der Waals surface area (Å²) in [6.45, 7) is 3.42. The zero-order chi connectivity index (χ0) is 19.5. The van der Waals surface area contributed by atoms with Crippen LogP contribution in [-0.4, -0.2) is 44.7 Å². The van der Waals surface area contributed by atoms with Gasteiger partial charge in [-0.2, -0.15) is 0 Å². The summed E-state index contributed by atoms with van der Waals surface area (Å²) in [6, 6.07) is 12.4. The highest BCUT2D eigenvalue weighted by Crippen LogP contribution is 2.16. The normalized spacial score (nSPS) is 12.7. The Kier molecular flexibility index (Phi) is 5.94. The average molecular weight is 375 g/mol. The Bertz CT molecular complexity index is 900. The Labute approximate surface area is 153 Å². The first-order chi connectivity index (χ1) is 12.1. The van der Waals surface area contributed by atoms with Crippen molar-refractivity contribution in [2.75, 3.05) is 14.1 Å². The Morgan fingerprint density at radius 3 is 1.92 bits per heavy atom. The standard InChI is InChI=1S/C19H21NO5S/c1-13-5-7-15(8-6-13)18(21)14(2)25-19(22)16-9-11-17(12-10-16)26(23,24)20(3)4/h5-12,14H,1-4H3/t14-/m1/s1. The van der Waals surface area contributed by atoms with Crippen molar-refractivity contribution in [1.29, 1.82) is 0 Å². The lowest BCUT2D eigenvalue weighted by Crippen LogP contribution is -2.24. The molecule has 0 bridgehead atoms. The van der Waals surface area contributed by atoms with E-state index in [9.17, 15) is 18.0 Å². The number of ether oxygens (including phenoxy) is 1. The van der Waals surface area contributed by atoms with Gasteiger partial charge in [-0.25, -0.2) is 17.5 Å². The average Bonchev–Trinajstić information content (AvgIpc) is 2.61. The molecule has 0 aliphatic heterocycles. The first-order valence-electron chi connectivity index (χ1n) is 7.97. The molecule has 138 valence electrons. The maximum atomic E-state index is 12.3. The number of ketones is 1. The third-order valence-corrected chi connectivity index (χ3v) is 5.69. The second-order valence-electron chi connectivity index (χ2n) is 6.09. The van der Waals surface area contributed by atoms with E-state index in [1.54, 1.807) is 12.1 Å². The Hall–Kier alpha value is -2.51. The molecule has 7 heteroatoms. The summed E-state index contributed by atoms with van der Waals surface area (Å²) in [7, 11) is -0.715. The summed E-state index contributed by atoms with van der Waals surface area (Å²) in [6.07, 6.45) is -0.949. The quantitative estimate of drug-likeness (QED) is 0.573. The number of hydrogen-bond acceptors (Lipinski definition) is 5. The van der Waals surface area contributed by atoms with Gasteiger partial charge in [0.2, 0.25) is 15.8 Å². The van der Waals surface area contributed by atoms with Gasteiger partial charge in [0.15, 0.2) is 6.10 Å². The third-order valence-electron chi connectivity index (χ3n) is 3.86. The van der Waals surface area contributed by atoms with Crippen molar-refractivity contribution >= 4 is 21.8 Å². The summed E-state index contributed by atoms with van der Waals surface area (Å²) >= 11 is 0. The molecule has 6 nitrogen and oxygen atoms in total. The largest absolute Gasteiger partial charge is 0.451 e. The number of Topliss-reactive ketones (excluding diaryl/α,β-unsaturated/α-hetero) is 1. The molecule has 0 amide bonds. The predicted octanol–water partition coefficient (Wildman–Crippen LogP) is 2.67. The first-order valence-corrected chi connectivity index (χ1v) is 9.41. The second-order valence-corrected chi connectivity index (χ2v) is 8.24. The zero-order valence-corrected chi connectivity index (χ0v) is 15.9. The molecule has 0 N–H and O–H groups in total. The minimum absolute atomic E-state index is 0.0721. The second kappa shape index (κ2) is 7.80. The fraction of sp³-hybridized carbons (Fsp3) is 0.263. The molecule has 0 aromatic heterocycles. The molecule has 0 heterocycles. The molecule has 0 radical (unpaired) electrons. The number of rotatable bonds is 6. The van der Waals surface area contributed by atoms with Crippen LogP contribution in [0.2, 0.25) is 0 Å². The van der Waals surface area contributed by atoms with Crippen LogP contribution in [0.3, 0.4) is 0 Å². The van der Waals surface area contributed by atoms with Gasteiger partial charge in [-0.3, -0.25) is 4.79 Å². The van der Waals surface area contributed by atoms with E-state index in [-0.39, 0.29) is 16.2 Å². The summed E-state index contributed by atoms with van der Waals surface area (Å²) in [5, 5.41) is 0. The lowest BCUT2D eigenvalue weighted by molar-refractivity contribution is 0.0318. The van der Waals surface area contributed by atoms with Gasteiger partial charge in [0, 0.05) is 19.7 Å². The highest BCUT2D eigenvalue weighted by atomic mass is 32.2. The molecular formula is C19H21NO5S. The van der Waals surface area contributed by atoms with E-state index in [2.05, 4.69) is 0 Å². The van der Waals surface area contributed by atoms with E-state index in [4.69, 9.17) is 4.74 Å². The van der Waals surface area contributed by atoms with Crippen molar-refractivity contribution in [2.45, 2.75) is 24.8 Å². The van der Waals surface area contributed by atoms with Crippen LogP contribution in [0.5, 0.6) is 0 Å². The number of carbonyl (C=O) groups excluding carboxylic acids is 2. The Balaban J connectivity index is 2.09. The van der Waals surface area contributed by atoms with Crippen molar-refractivity contribution in [2.24, 2.45) is 0 Å². The van der Waals surface area contributed by atoms with Crippen LogP contribution in [0.25, 0.3) is 0 Å². The van der Waals surface area contributed by atoms with Crippen LogP contribution < -0.4 is 0 Å². The molecule has 0 spiro atoms. The summed E-state index contributed by atoms with van der Waals surface area (Å²) in [5.74, 6) is -0.989. The number of aryl methyl sites for hydroxylation is 1. The molecular weight excluding hydrogens is 354 g/mol. The highest BCUT2D eigenvalue weighted by molar-refractivity contribution is 7.89. The smallest absolute Gasteiger partial charge is 0.338 e. The number of carbonyl (C=O) groups is 2. The van der Waals surface area contributed by atoms with Crippen LogP contribution in [0.4, 0.5) is 0 Å². The molecule has 0 unspecified atom stereocenters. The van der Waals surface area contributed by atoms with E-state index in [0.717, 1.165) is 9.87 Å². The van der Waals surface area contributed by atoms with Crippen molar-refractivity contribution in [1.82, 2.24) is 4.31 Å². The van der Waals surface area contributed by atoms with Crippen LogP contribution in [0.15, 0.2) is 53.4 Å². The zero-order valence-electron chi connectivity index (χ0n) is 15.1. The van der Waals surface area contributed by atoms with Crippen molar-refractivity contribution in [3.8, 4) is 0 Å². The molecule has 0 aliphatic carbocycles. The fourth-order valence-corrected chi connectivity index (χ4v) is 3.11. The van der Waals surface area contributed by atoms with Crippen LogP contribution in [0.1, 0.15) is 33.2 Å². The number of nitrogens with zero attached hydrogens (tertiary/aromatic N) is 1. The maximum Gasteiger partial charge on any atom is 0.338 e. The lowest BCUT2D eigenvalue weighted by atomic mass is 10.1. The highest BCUT2D eigenvalue weighted by Gasteiger charge is 2.22. The van der Waals surface area contributed by atoms with Crippen molar-refractivity contribution in [3.63, 3.8) is 0 Å². The minimum Gasteiger partial charge on any atom is -0.451 e. The maximum absolute atomic E-state index is 12.3. The van der Waals surface area contributed by atoms with Gasteiger partial charge in [-0.05, 0) is 38.1 Å². The SMILES string of the molecule is Cc1ccc(C(=O)[C@@H](C)OC(=O)c2ccc(S(=O)(=O)N(C)C)cc2)cc1. The molecule has 0 aliphatic rings. The molecule has 0 saturated carbocycles. The van der Waals surface area contributed by atoms with E-state index in [1.165, 1.54) is 45.3 Å². The van der Waals surface area contributed by atoms with Gasteiger partial charge in [-0.1, -0.05) is 29.8 Å². The number of hydrogen-bond donors (Lipinski definition) is 0. The molecule has 26 heavy (non-hydrogen) atoms. The van der Waals surface area contributed by atoms with Gasteiger partial charge in [0.25, 0.3) is 0 Å².